The smallest absolute Gasteiger partial charge is 0.221 e. The normalized spacial score (nSPS) is 31.3. The van der Waals surface area contributed by atoms with Gasteiger partial charge < -0.3 is 5.73 Å². The first kappa shape index (κ1) is 8.23. The van der Waals surface area contributed by atoms with E-state index < -0.39 is 0 Å². The van der Waals surface area contributed by atoms with Crippen LogP contribution in [0, 0.1) is 5.92 Å². The van der Waals surface area contributed by atoms with Gasteiger partial charge in [0.2, 0.25) is 5.91 Å². The second-order valence-electron chi connectivity index (χ2n) is 3.79. The van der Waals surface area contributed by atoms with Gasteiger partial charge in [-0.3, -0.25) is 9.78 Å². The Morgan fingerprint density at radius 2 is 2.46 bits per heavy atom. The molecule has 1 aliphatic carbocycles. The highest BCUT2D eigenvalue weighted by molar-refractivity contribution is 5.82. The summed E-state index contributed by atoms with van der Waals surface area (Å²) in [5.74, 6) is -0.240. The van der Waals surface area contributed by atoms with Crippen molar-refractivity contribution in [3.8, 4) is 0 Å². The molecule has 0 saturated heterocycles. The lowest BCUT2D eigenvalue weighted by atomic mass is 10.0. The number of nitrogens with zero attached hydrogens (tertiary/aromatic N) is 1. The van der Waals surface area contributed by atoms with Crippen LogP contribution in [0.3, 0.4) is 0 Å². The van der Waals surface area contributed by atoms with Gasteiger partial charge in [-0.1, -0.05) is 13.0 Å². The maximum atomic E-state index is 10.9. The van der Waals surface area contributed by atoms with Crippen molar-refractivity contribution >= 4 is 5.91 Å². The number of rotatable bonds is 2. The third kappa shape index (κ3) is 1.20. The highest BCUT2D eigenvalue weighted by Gasteiger charge is 2.55. The Morgan fingerprint density at radius 3 is 2.92 bits per heavy atom. The summed E-state index contributed by atoms with van der Waals surface area (Å²) in [6.07, 6.45) is 2.58. The molecule has 68 valence electrons. The standard InChI is InChI=1S/C10H12N2O/c1-10(6-7(10)9(11)13)8-4-2-3-5-12-8/h2-5,7H,6H2,1H3,(H2,11,13). The Morgan fingerprint density at radius 1 is 1.69 bits per heavy atom. The van der Waals surface area contributed by atoms with Crippen LogP contribution in [0.4, 0.5) is 0 Å². The Hall–Kier alpha value is -1.38. The molecule has 0 aliphatic heterocycles. The quantitative estimate of drug-likeness (QED) is 0.726. The van der Waals surface area contributed by atoms with E-state index in [-0.39, 0.29) is 17.2 Å². The molecule has 1 amide bonds. The molecule has 2 rings (SSSR count). The number of primary amides is 1. The number of amides is 1. The maximum Gasteiger partial charge on any atom is 0.221 e. The van der Waals surface area contributed by atoms with E-state index in [0.29, 0.717) is 0 Å². The number of hydrogen-bond acceptors (Lipinski definition) is 2. The number of pyridine rings is 1. The van der Waals surface area contributed by atoms with Crippen molar-refractivity contribution in [3.63, 3.8) is 0 Å². The molecule has 0 spiro atoms. The molecule has 1 aromatic rings. The Balaban J connectivity index is 2.25. The lowest BCUT2D eigenvalue weighted by Gasteiger charge is -2.07. The average Bonchev–Trinajstić information content (AvgIpc) is 2.82. The van der Waals surface area contributed by atoms with Crippen molar-refractivity contribution in [1.29, 1.82) is 0 Å². The van der Waals surface area contributed by atoms with Crippen molar-refractivity contribution in [2.24, 2.45) is 11.7 Å². The van der Waals surface area contributed by atoms with E-state index >= 15 is 0 Å². The molecule has 2 atom stereocenters. The molecular formula is C10H12N2O. The van der Waals surface area contributed by atoms with Gasteiger partial charge >= 0.3 is 0 Å². The first-order valence-corrected chi connectivity index (χ1v) is 4.35. The Labute approximate surface area is 77.0 Å². The first-order chi connectivity index (χ1) is 6.14. The van der Waals surface area contributed by atoms with Crippen molar-refractivity contribution in [2.75, 3.05) is 0 Å². The van der Waals surface area contributed by atoms with Gasteiger partial charge in [-0.25, -0.2) is 0 Å². The van der Waals surface area contributed by atoms with Gasteiger partial charge in [-0.15, -0.1) is 0 Å². The monoisotopic (exact) mass is 176 g/mol. The van der Waals surface area contributed by atoms with Gasteiger partial charge in [0.25, 0.3) is 0 Å². The van der Waals surface area contributed by atoms with Crippen LogP contribution in [-0.2, 0) is 10.2 Å². The summed E-state index contributed by atoms with van der Waals surface area (Å²) >= 11 is 0. The third-order valence-corrected chi connectivity index (χ3v) is 2.83. The molecule has 1 aliphatic rings. The molecule has 1 saturated carbocycles. The summed E-state index contributed by atoms with van der Waals surface area (Å²) in [4.78, 5) is 15.2. The summed E-state index contributed by atoms with van der Waals surface area (Å²) in [5, 5.41) is 0. The lowest BCUT2D eigenvalue weighted by molar-refractivity contribution is -0.119. The second-order valence-corrected chi connectivity index (χ2v) is 3.79. The minimum absolute atomic E-state index is 0.0256. The molecule has 13 heavy (non-hydrogen) atoms. The second kappa shape index (κ2) is 2.55. The molecule has 1 fully saturated rings. The van der Waals surface area contributed by atoms with E-state index in [4.69, 9.17) is 5.73 Å². The largest absolute Gasteiger partial charge is 0.369 e. The Kier molecular flexibility index (Phi) is 1.62. The van der Waals surface area contributed by atoms with Crippen molar-refractivity contribution in [3.05, 3.63) is 30.1 Å². The van der Waals surface area contributed by atoms with Gasteiger partial charge in [-0.05, 0) is 18.6 Å². The number of nitrogens with two attached hydrogens (primary N) is 1. The topological polar surface area (TPSA) is 56.0 Å². The van der Waals surface area contributed by atoms with E-state index in [1.165, 1.54) is 0 Å². The molecular weight excluding hydrogens is 164 g/mol. The SMILES string of the molecule is CC1(c2ccccn2)CC1C(N)=O. The van der Waals surface area contributed by atoms with Crippen molar-refractivity contribution in [2.45, 2.75) is 18.8 Å². The zero-order chi connectivity index (χ0) is 9.47. The van der Waals surface area contributed by atoms with Gasteiger partial charge in [0.05, 0.1) is 0 Å². The molecule has 0 bridgehead atoms. The fourth-order valence-electron chi connectivity index (χ4n) is 1.76. The van der Waals surface area contributed by atoms with Crippen LogP contribution in [0.2, 0.25) is 0 Å². The maximum absolute atomic E-state index is 10.9. The molecule has 0 aromatic carbocycles. The fraction of sp³-hybridized carbons (Fsp3) is 0.400. The van der Waals surface area contributed by atoms with Crippen LogP contribution in [-0.4, -0.2) is 10.9 Å². The highest BCUT2D eigenvalue weighted by atomic mass is 16.1. The zero-order valence-corrected chi connectivity index (χ0v) is 7.53. The molecule has 3 nitrogen and oxygen atoms in total. The summed E-state index contributed by atoms with van der Waals surface area (Å²) in [7, 11) is 0. The molecule has 1 aromatic heterocycles. The summed E-state index contributed by atoms with van der Waals surface area (Å²) in [5.41, 5.74) is 6.11. The van der Waals surface area contributed by atoms with Crippen molar-refractivity contribution < 1.29 is 4.79 Å². The zero-order valence-electron chi connectivity index (χ0n) is 7.53. The van der Waals surface area contributed by atoms with Crippen LogP contribution in [0.25, 0.3) is 0 Å². The van der Waals surface area contributed by atoms with Crippen LogP contribution >= 0.6 is 0 Å². The molecule has 1 heterocycles. The minimum atomic E-state index is -0.215. The van der Waals surface area contributed by atoms with Gasteiger partial charge in [-0.2, -0.15) is 0 Å². The predicted octanol–water partition coefficient (Wildman–Crippen LogP) is 0.845. The Bertz CT molecular complexity index is 336. The lowest BCUT2D eigenvalue weighted by Crippen LogP contribution is -2.19. The highest BCUT2D eigenvalue weighted by Crippen LogP contribution is 2.52. The van der Waals surface area contributed by atoms with E-state index in [0.717, 1.165) is 12.1 Å². The number of carbonyl (C=O) groups excluding carboxylic acids is 1. The molecule has 2 unspecified atom stereocenters. The van der Waals surface area contributed by atoms with Crippen LogP contribution in [0.15, 0.2) is 24.4 Å². The molecule has 2 N–H and O–H groups in total. The molecule has 0 radical (unpaired) electrons. The number of aromatic nitrogens is 1. The summed E-state index contributed by atoms with van der Waals surface area (Å²) < 4.78 is 0. The van der Waals surface area contributed by atoms with E-state index in [1.807, 2.05) is 25.1 Å². The van der Waals surface area contributed by atoms with Gasteiger partial charge in [0, 0.05) is 23.2 Å². The van der Waals surface area contributed by atoms with Crippen LogP contribution in [0.5, 0.6) is 0 Å². The van der Waals surface area contributed by atoms with E-state index in [9.17, 15) is 4.79 Å². The minimum Gasteiger partial charge on any atom is -0.369 e. The number of hydrogen-bond donors (Lipinski definition) is 1. The predicted molar refractivity (Wildman–Crippen MR) is 48.9 cm³/mol. The average molecular weight is 176 g/mol. The van der Waals surface area contributed by atoms with Crippen LogP contribution < -0.4 is 5.73 Å². The number of carbonyl (C=O) groups is 1. The molecule has 3 heteroatoms. The van der Waals surface area contributed by atoms with E-state index in [1.54, 1.807) is 6.20 Å². The fourth-order valence-corrected chi connectivity index (χ4v) is 1.76. The van der Waals surface area contributed by atoms with Crippen LogP contribution in [0.1, 0.15) is 19.0 Å². The van der Waals surface area contributed by atoms with Gasteiger partial charge in [0.1, 0.15) is 0 Å². The first-order valence-electron chi connectivity index (χ1n) is 4.35. The third-order valence-electron chi connectivity index (χ3n) is 2.83. The van der Waals surface area contributed by atoms with Gasteiger partial charge in [0.15, 0.2) is 0 Å². The van der Waals surface area contributed by atoms with E-state index in [2.05, 4.69) is 4.98 Å². The van der Waals surface area contributed by atoms with Crippen molar-refractivity contribution in [1.82, 2.24) is 4.98 Å². The summed E-state index contributed by atoms with van der Waals surface area (Å²) in [6, 6.07) is 5.75. The summed E-state index contributed by atoms with van der Waals surface area (Å²) in [6.45, 7) is 2.03.